The van der Waals surface area contributed by atoms with E-state index in [-0.39, 0.29) is 30.4 Å². The molecule has 1 aromatic heterocycles. The van der Waals surface area contributed by atoms with Gasteiger partial charge in [-0.2, -0.15) is 0 Å². The van der Waals surface area contributed by atoms with Gasteiger partial charge in [0.2, 0.25) is 0 Å². The predicted molar refractivity (Wildman–Crippen MR) is 139 cm³/mol. The number of aromatic nitrogens is 1. The lowest BCUT2D eigenvalue weighted by molar-refractivity contribution is -0.274. The first-order chi connectivity index (χ1) is 19.3. The van der Waals surface area contributed by atoms with Gasteiger partial charge in [-0.05, 0) is 54.4 Å². The molecule has 2 heterocycles. The summed E-state index contributed by atoms with van der Waals surface area (Å²) in [5, 5.41) is 2.67. The highest BCUT2D eigenvalue weighted by Gasteiger charge is 2.32. The zero-order valence-corrected chi connectivity index (χ0v) is 21.0. The Morgan fingerprint density at radius 1 is 0.925 bits per heavy atom. The van der Waals surface area contributed by atoms with E-state index < -0.39 is 24.0 Å². The van der Waals surface area contributed by atoms with Gasteiger partial charge in [-0.25, -0.2) is 4.79 Å². The van der Waals surface area contributed by atoms with Crippen molar-refractivity contribution in [2.24, 2.45) is 0 Å². The summed E-state index contributed by atoms with van der Waals surface area (Å²) in [4.78, 5) is 30.7. The van der Waals surface area contributed by atoms with Crippen LogP contribution in [0.3, 0.4) is 0 Å². The van der Waals surface area contributed by atoms with Crippen LogP contribution in [0.4, 0.5) is 18.9 Å². The van der Waals surface area contributed by atoms with Gasteiger partial charge in [0.15, 0.2) is 0 Å². The smallest absolute Gasteiger partial charge is 0.492 e. The van der Waals surface area contributed by atoms with Crippen LogP contribution < -0.4 is 14.8 Å². The molecule has 1 aliphatic rings. The summed E-state index contributed by atoms with van der Waals surface area (Å²) in [7, 11) is 0. The Morgan fingerprint density at radius 3 is 2.42 bits per heavy atom. The fourth-order valence-electron chi connectivity index (χ4n) is 4.49. The number of amides is 1. The maximum atomic E-state index is 13.1. The van der Waals surface area contributed by atoms with E-state index >= 15 is 0 Å². The molecule has 0 saturated carbocycles. The number of ether oxygens (including phenoxy) is 3. The number of para-hydroxylation sites is 1. The Labute approximate surface area is 227 Å². The number of rotatable bonds is 7. The first-order valence-corrected chi connectivity index (χ1v) is 12.4. The summed E-state index contributed by atoms with van der Waals surface area (Å²) >= 11 is 0. The summed E-state index contributed by atoms with van der Waals surface area (Å²) in [6.07, 6.45) is -2.69. The van der Waals surface area contributed by atoms with E-state index in [1.54, 1.807) is 30.5 Å². The molecular formula is C30H23F3N2O5. The molecule has 0 fully saturated rings. The molecule has 0 spiro atoms. The van der Waals surface area contributed by atoms with Crippen LogP contribution in [0.15, 0.2) is 91.1 Å². The number of nitrogens with zero attached hydrogens (tertiary/aromatic N) is 1. The fourth-order valence-corrected chi connectivity index (χ4v) is 4.49. The van der Waals surface area contributed by atoms with Crippen LogP contribution in [0, 0.1) is 0 Å². The summed E-state index contributed by atoms with van der Waals surface area (Å²) in [5.74, 6) is -1.40. The minimum Gasteiger partial charge on any atom is -0.492 e. The van der Waals surface area contributed by atoms with Crippen molar-refractivity contribution in [1.29, 1.82) is 0 Å². The highest BCUT2D eigenvalue weighted by molar-refractivity contribution is 6.06. The van der Waals surface area contributed by atoms with Gasteiger partial charge in [-0.15, -0.1) is 13.2 Å². The van der Waals surface area contributed by atoms with Gasteiger partial charge >= 0.3 is 12.3 Å². The van der Waals surface area contributed by atoms with Crippen molar-refractivity contribution in [2.75, 3.05) is 11.9 Å². The van der Waals surface area contributed by atoms with Crippen LogP contribution in [0.2, 0.25) is 0 Å². The first-order valence-electron chi connectivity index (χ1n) is 12.4. The summed E-state index contributed by atoms with van der Waals surface area (Å²) in [6.45, 7) is 0.395. The van der Waals surface area contributed by atoms with Crippen molar-refractivity contribution in [3.63, 3.8) is 0 Å². The van der Waals surface area contributed by atoms with Gasteiger partial charge in [0, 0.05) is 23.4 Å². The molecule has 0 aliphatic carbocycles. The lowest BCUT2D eigenvalue weighted by Crippen LogP contribution is -2.22. The number of carbonyl (C=O) groups is 2. The highest BCUT2D eigenvalue weighted by atomic mass is 19.4. The molecular weight excluding hydrogens is 525 g/mol. The quantitative estimate of drug-likeness (QED) is 0.265. The van der Waals surface area contributed by atoms with E-state index in [2.05, 4.69) is 15.0 Å². The first kappa shape index (κ1) is 26.7. The average molecular weight is 549 g/mol. The number of fused-ring (bicyclic) bond motifs is 1. The minimum absolute atomic E-state index is 0.117. The van der Waals surface area contributed by atoms with E-state index in [9.17, 15) is 22.8 Å². The Morgan fingerprint density at radius 2 is 1.68 bits per heavy atom. The zero-order chi connectivity index (χ0) is 28.1. The number of hydrogen-bond donors (Lipinski definition) is 1. The molecule has 7 nitrogen and oxygen atoms in total. The maximum Gasteiger partial charge on any atom is 0.573 e. The largest absolute Gasteiger partial charge is 0.573 e. The van der Waals surface area contributed by atoms with Crippen LogP contribution in [0.1, 0.15) is 49.9 Å². The second-order valence-corrected chi connectivity index (χ2v) is 8.94. The molecule has 5 rings (SSSR count). The third kappa shape index (κ3) is 6.23. The number of pyridine rings is 1. The van der Waals surface area contributed by atoms with Crippen LogP contribution in [0.25, 0.3) is 0 Å². The van der Waals surface area contributed by atoms with Crippen LogP contribution >= 0.6 is 0 Å². The number of alkyl halides is 3. The molecule has 40 heavy (non-hydrogen) atoms. The third-order valence-corrected chi connectivity index (χ3v) is 6.27. The summed E-state index contributed by atoms with van der Waals surface area (Å²) in [6, 6.07) is 22.6. The fraction of sp³-hybridized carbons (Fsp3) is 0.167. The van der Waals surface area contributed by atoms with Gasteiger partial charge < -0.3 is 19.5 Å². The molecule has 1 atom stereocenters. The van der Waals surface area contributed by atoms with Crippen molar-refractivity contribution in [3.05, 3.63) is 119 Å². The Kier molecular flexibility index (Phi) is 7.68. The monoisotopic (exact) mass is 548 g/mol. The van der Waals surface area contributed by atoms with Gasteiger partial charge in [0.05, 0.1) is 23.4 Å². The van der Waals surface area contributed by atoms with Crippen molar-refractivity contribution in [3.8, 4) is 11.5 Å². The Hall–Kier alpha value is -4.86. The average Bonchev–Trinajstić information content (AvgIpc) is 2.96. The van der Waals surface area contributed by atoms with Crippen LogP contribution in [-0.2, 0) is 11.3 Å². The lowest BCUT2D eigenvalue weighted by Gasteiger charge is -2.28. The number of halogens is 3. The molecule has 1 amide bonds. The maximum absolute atomic E-state index is 13.1. The number of benzene rings is 3. The summed E-state index contributed by atoms with van der Waals surface area (Å²) in [5.41, 5.74) is 2.90. The van der Waals surface area contributed by atoms with E-state index in [0.717, 1.165) is 17.7 Å². The van der Waals surface area contributed by atoms with E-state index in [1.165, 1.54) is 12.1 Å². The SMILES string of the molecule is O=C(OCc1ccccc1)c1cccnc1C1CCOc2c(C(=O)Nc3ccc(OC(F)(F)F)cc3)cccc21. The molecule has 1 aliphatic heterocycles. The molecule has 3 aromatic carbocycles. The van der Waals surface area contributed by atoms with Gasteiger partial charge in [0.25, 0.3) is 5.91 Å². The second kappa shape index (κ2) is 11.5. The molecule has 1 N–H and O–H groups in total. The topological polar surface area (TPSA) is 86.8 Å². The molecule has 0 bridgehead atoms. The minimum atomic E-state index is -4.81. The highest BCUT2D eigenvalue weighted by Crippen LogP contribution is 2.41. The molecule has 1 unspecified atom stereocenters. The van der Waals surface area contributed by atoms with E-state index in [0.29, 0.717) is 29.0 Å². The van der Waals surface area contributed by atoms with Crippen molar-refractivity contribution in [2.45, 2.75) is 25.3 Å². The van der Waals surface area contributed by atoms with Gasteiger partial charge in [-0.1, -0.05) is 42.5 Å². The molecule has 204 valence electrons. The standard InChI is InChI=1S/C30H23F3N2O5/c31-30(32,33)40-21-13-11-20(12-14-21)35-28(36)25-9-4-8-23-22(15-17-38-27(23)25)26-24(10-5-16-34-26)29(37)39-18-19-6-2-1-3-7-19/h1-14,16,22H,15,17-18H2,(H,35,36). The number of esters is 1. The third-order valence-electron chi connectivity index (χ3n) is 6.27. The molecule has 0 saturated heterocycles. The Balaban J connectivity index is 1.36. The predicted octanol–water partition coefficient (Wildman–Crippen LogP) is 6.50. The zero-order valence-electron chi connectivity index (χ0n) is 21.0. The normalized spacial score (nSPS) is 14.4. The van der Waals surface area contributed by atoms with Crippen LogP contribution in [-0.4, -0.2) is 29.8 Å². The number of carbonyl (C=O) groups excluding carboxylic acids is 2. The van der Waals surface area contributed by atoms with E-state index in [1.807, 2.05) is 36.4 Å². The molecule has 10 heteroatoms. The van der Waals surface area contributed by atoms with Crippen molar-refractivity contribution < 1.29 is 37.0 Å². The van der Waals surface area contributed by atoms with Gasteiger partial charge in [-0.3, -0.25) is 9.78 Å². The van der Waals surface area contributed by atoms with E-state index in [4.69, 9.17) is 9.47 Å². The van der Waals surface area contributed by atoms with Gasteiger partial charge in [0.1, 0.15) is 18.1 Å². The lowest BCUT2D eigenvalue weighted by atomic mass is 9.86. The number of hydrogen-bond acceptors (Lipinski definition) is 6. The molecule has 4 aromatic rings. The van der Waals surface area contributed by atoms with Crippen LogP contribution in [0.5, 0.6) is 11.5 Å². The Bertz CT molecular complexity index is 1510. The molecule has 0 radical (unpaired) electrons. The number of nitrogens with one attached hydrogen (secondary N) is 1. The summed E-state index contributed by atoms with van der Waals surface area (Å²) < 4.78 is 52.6. The second-order valence-electron chi connectivity index (χ2n) is 8.94. The van der Waals surface area contributed by atoms with Crippen molar-refractivity contribution >= 4 is 17.6 Å². The number of anilines is 1. The van der Waals surface area contributed by atoms with Crippen molar-refractivity contribution in [1.82, 2.24) is 4.98 Å².